The zero-order valence-corrected chi connectivity index (χ0v) is 19.7. The topological polar surface area (TPSA) is 115 Å². The van der Waals surface area contributed by atoms with Crippen molar-refractivity contribution < 1.29 is 33.1 Å². The summed E-state index contributed by atoms with van der Waals surface area (Å²) in [5, 5.41) is 2.41. The summed E-state index contributed by atoms with van der Waals surface area (Å²) in [6.07, 6.45) is 1.52. The number of hydrogen-bond acceptors (Lipinski definition) is 8. The van der Waals surface area contributed by atoms with Crippen LogP contribution >= 0.6 is 0 Å². The summed E-state index contributed by atoms with van der Waals surface area (Å²) in [4.78, 5) is 50.4. The van der Waals surface area contributed by atoms with E-state index in [1.54, 1.807) is 30.9 Å². The second-order valence-corrected chi connectivity index (χ2v) is 7.70. The van der Waals surface area contributed by atoms with E-state index >= 15 is 0 Å². The number of carbonyl (C=O) groups is 4. The van der Waals surface area contributed by atoms with Crippen LogP contribution in [0, 0.1) is 13.8 Å². The van der Waals surface area contributed by atoms with Crippen molar-refractivity contribution in [3.8, 4) is 0 Å². The summed E-state index contributed by atoms with van der Waals surface area (Å²) >= 11 is 0. The molecule has 2 aromatic rings. The molecule has 34 heavy (non-hydrogen) atoms. The van der Waals surface area contributed by atoms with Crippen LogP contribution < -0.4 is 10.2 Å². The maximum atomic E-state index is 13.2. The van der Waals surface area contributed by atoms with Gasteiger partial charge in [-0.15, -0.1) is 0 Å². The first-order valence-corrected chi connectivity index (χ1v) is 10.6. The average Bonchev–Trinajstić information content (AvgIpc) is 3.33. The summed E-state index contributed by atoms with van der Waals surface area (Å²) in [6, 6.07) is 9.07. The Morgan fingerprint density at radius 3 is 2.38 bits per heavy atom. The number of allylic oxidation sites excluding steroid dienone is 2. The molecule has 9 nitrogen and oxygen atoms in total. The van der Waals surface area contributed by atoms with Crippen molar-refractivity contribution in [1.29, 1.82) is 0 Å². The number of esters is 2. The van der Waals surface area contributed by atoms with E-state index in [1.807, 2.05) is 32.0 Å². The minimum Gasteiger partial charge on any atom is -0.465 e. The Bertz CT molecular complexity index is 1200. The molecular formula is C25H26N2O7. The number of nitrogens with one attached hydrogen (secondary N) is 1. The standard InChI is InChI=1S/C25H26N2O7/c1-6-33-25(31)23(29)26-13-19-8-7-18(34-19)12-20-22(28)21(24(30)32-5)16(4)27(20)17-10-14(2)9-15(3)11-17/h7-12H,6,13H2,1-5H3,(H,26,29)/b20-12+. The fourth-order valence-electron chi connectivity index (χ4n) is 3.71. The van der Waals surface area contributed by atoms with Gasteiger partial charge in [-0.3, -0.25) is 9.59 Å². The van der Waals surface area contributed by atoms with Gasteiger partial charge in [0.25, 0.3) is 0 Å². The van der Waals surface area contributed by atoms with Crippen molar-refractivity contribution in [3.05, 3.63) is 69.9 Å². The van der Waals surface area contributed by atoms with Gasteiger partial charge in [0.05, 0.1) is 26.0 Å². The van der Waals surface area contributed by atoms with E-state index in [2.05, 4.69) is 10.1 Å². The molecule has 3 rings (SSSR count). The minimum absolute atomic E-state index is 0.0414. The molecule has 1 aromatic heterocycles. The fourth-order valence-corrected chi connectivity index (χ4v) is 3.71. The number of amides is 1. The van der Waals surface area contributed by atoms with Crippen molar-refractivity contribution in [1.82, 2.24) is 5.32 Å². The Labute approximate surface area is 197 Å². The van der Waals surface area contributed by atoms with Crippen LogP contribution in [0.3, 0.4) is 0 Å². The lowest BCUT2D eigenvalue weighted by Gasteiger charge is -2.22. The smallest absolute Gasteiger partial charge is 0.396 e. The maximum absolute atomic E-state index is 13.2. The van der Waals surface area contributed by atoms with Crippen LogP contribution in [-0.4, -0.2) is 37.3 Å². The van der Waals surface area contributed by atoms with Gasteiger partial charge in [0, 0.05) is 17.5 Å². The van der Waals surface area contributed by atoms with Crippen LogP contribution in [0.15, 0.2) is 51.7 Å². The van der Waals surface area contributed by atoms with Crippen LogP contribution in [0.25, 0.3) is 6.08 Å². The highest BCUT2D eigenvalue weighted by Gasteiger charge is 2.38. The summed E-state index contributed by atoms with van der Waals surface area (Å²) in [5.41, 5.74) is 3.33. The van der Waals surface area contributed by atoms with Crippen molar-refractivity contribution >= 4 is 35.4 Å². The number of hydrogen-bond donors (Lipinski definition) is 1. The molecule has 0 saturated carbocycles. The molecule has 0 spiro atoms. The molecular weight excluding hydrogens is 440 g/mol. The van der Waals surface area contributed by atoms with E-state index in [-0.39, 0.29) is 24.4 Å². The number of ether oxygens (including phenoxy) is 2. The van der Waals surface area contributed by atoms with Crippen LogP contribution in [0.5, 0.6) is 0 Å². The first-order chi connectivity index (χ1) is 16.2. The van der Waals surface area contributed by atoms with Crippen LogP contribution in [0.1, 0.15) is 36.5 Å². The lowest BCUT2D eigenvalue weighted by atomic mass is 10.1. The average molecular weight is 466 g/mol. The molecule has 0 bridgehead atoms. The van der Waals surface area contributed by atoms with Gasteiger partial charge < -0.3 is 24.1 Å². The Morgan fingerprint density at radius 1 is 1.09 bits per heavy atom. The van der Waals surface area contributed by atoms with Crippen LogP contribution in [0.4, 0.5) is 5.69 Å². The highest BCUT2D eigenvalue weighted by molar-refractivity contribution is 6.32. The molecule has 1 aliphatic heterocycles. The predicted molar refractivity (Wildman–Crippen MR) is 123 cm³/mol. The number of furan rings is 1. The molecule has 2 heterocycles. The Balaban J connectivity index is 1.93. The maximum Gasteiger partial charge on any atom is 0.396 e. The molecule has 178 valence electrons. The van der Waals surface area contributed by atoms with Gasteiger partial charge in [-0.1, -0.05) is 6.07 Å². The largest absolute Gasteiger partial charge is 0.465 e. The first-order valence-electron chi connectivity index (χ1n) is 10.6. The van der Waals surface area contributed by atoms with E-state index < -0.39 is 23.6 Å². The second kappa shape index (κ2) is 10.2. The first kappa shape index (κ1) is 24.5. The van der Waals surface area contributed by atoms with E-state index in [0.717, 1.165) is 16.8 Å². The van der Waals surface area contributed by atoms with E-state index in [4.69, 9.17) is 9.15 Å². The normalized spacial score (nSPS) is 14.6. The van der Waals surface area contributed by atoms with Crippen LogP contribution in [0.2, 0.25) is 0 Å². The van der Waals surface area contributed by atoms with Gasteiger partial charge in [0.1, 0.15) is 17.1 Å². The van der Waals surface area contributed by atoms with Gasteiger partial charge in [0.2, 0.25) is 5.78 Å². The third-order valence-electron chi connectivity index (χ3n) is 5.10. The zero-order chi connectivity index (χ0) is 25.0. The number of methoxy groups -OCH3 is 1. The number of rotatable bonds is 6. The van der Waals surface area contributed by atoms with Crippen molar-refractivity contribution in [2.75, 3.05) is 18.6 Å². The second-order valence-electron chi connectivity index (χ2n) is 7.70. The molecule has 9 heteroatoms. The van der Waals surface area contributed by atoms with Gasteiger partial charge >= 0.3 is 17.8 Å². The number of Topliss-reactive ketones (excluding diaryl/α,β-unsaturated/α-hetero) is 1. The van der Waals surface area contributed by atoms with Crippen molar-refractivity contribution in [2.24, 2.45) is 0 Å². The van der Waals surface area contributed by atoms with E-state index in [0.29, 0.717) is 17.2 Å². The minimum atomic E-state index is -0.978. The third-order valence-corrected chi connectivity index (χ3v) is 5.10. The van der Waals surface area contributed by atoms with Gasteiger partial charge in [-0.25, -0.2) is 9.59 Å². The summed E-state index contributed by atoms with van der Waals surface area (Å²) in [5.74, 6) is -2.37. The summed E-state index contributed by atoms with van der Waals surface area (Å²) in [6.45, 7) is 7.23. The molecule has 1 aliphatic rings. The molecule has 0 unspecified atom stereocenters. The van der Waals surface area contributed by atoms with E-state index in [1.165, 1.54) is 13.2 Å². The van der Waals surface area contributed by atoms with Gasteiger partial charge in [-0.2, -0.15) is 0 Å². The molecule has 0 saturated heterocycles. The zero-order valence-electron chi connectivity index (χ0n) is 19.7. The number of benzene rings is 1. The number of ketones is 1. The monoisotopic (exact) mass is 466 g/mol. The Morgan fingerprint density at radius 2 is 1.76 bits per heavy atom. The molecule has 0 atom stereocenters. The van der Waals surface area contributed by atoms with Crippen molar-refractivity contribution in [3.63, 3.8) is 0 Å². The van der Waals surface area contributed by atoms with Crippen molar-refractivity contribution in [2.45, 2.75) is 34.2 Å². The van der Waals surface area contributed by atoms with Gasteiger partial charge in [0.15, 0.2) is 0 Å². The molecule has 1 aromatic carbocycles. The Kier molecular flexibility index (Phi) is 7.35. The summed E-state index contributed by atoms with van der Waals surface area (Å²) in [7, 11) is 1.22. The van der Waals surface area contributed by atoms with E-state index in [9.17, 15) is 19.2 Å². The predicted octanol–water partition coefficient (Wildman–Crippen LogP) is 2.95. The SMILES string of the molecule is CCOC(=O)C(=O)NCc1ccc(/C=C2\C(=O)C(C(=O)OC)=C(C)N2c2cc(C)cc(C)c2)o1. The van der Waals surface area contributed by atoms with Crippen LogP contribution in [-0.2, 0) is 35.2 Å². The molecule has 1 amide bonds. The van der Waals surface area contributed by atoms with Gasteiger partial charge in [-0.05, 0) is 63.1 Å². The lowest BCUT2D eigenvalue weighted by Crippen LogP contribution is -2.31. The highest BCUT2D eigenvalue weighted by Crippen LogP contribution is 2.36. The number of anilines is 1. The molecule has 0 aliphatic carbocycles. The summed E-state index contributed by atoms with van der Waals surface area (Å²) < 4.78 is 15.2. The fraction of sp³-hybridized carbons (Fsp3) is 0.280. The highest BCUT2D eigenvalue weighted by atomic mass is 16.5. The third kappa shape index (κ3) is 5.09. The number of nitrogens with zero attached hydrogens (tertiary/aromatic N) is 1. The molecule has 0 fully saturated rings. The number of carbonyl (C=O) groups excluding carboxylic acids is 4. The quantitative estimate of drug-likeness (QED) is 0.299. The molecule has 1 N–H and O–H groups in total. The number of aryl methyl sites for hydroxylation is 2. The molecule has 0 radical (unpaired) electrons. The lowest BCUT2D eigenvalue weighted by molar-refractivity contribution is -0.154. The Hall–Kier alpha value is -4.14.